The summed E-state index contributed by atoms with van der Waals surface area (Å²) in [6, 6.07) is 6.81. The van der Waals surface area contributed by atoms with Crippen LogP contribution < -0.4 is 20.1 Å². The van der Waals surface area contributed by atoms with E-state index in [1.807, 2.05) is 19.3 Å². The van der Waals surface area contributed by atoms with Gasteiger partial charge in [-0.15, -0.1) is 0 Å². The molecule has 140 valence electrons. The van der Waals surface area contributed by atoms with Crippen LogP contribution in [-0.4, -0.2) is 35.0 Å². The van der Waals surface area contributed by atoms with Crippen LogP contribution in [0, 0.1) is 0 Å². The Morgan fingerprint density at radius 2 is 1.96 bits per heavy atom. The van der Waals surface area contributed by atoms with Gasteiger partial charge in [0, 0.05) is 49.4 Å². The zero-order valence-corrected chi connectivity index (χ0v) is 15.4. The number of nitrogens with one attached hydrogen (secondary N) is 2. The van der Waals surface area contributed by atoms with Crippen LogP contribution in [0.2, 0.25) is 0 Å². The van der Waals surface area contributed by atoms with Crippen molar-refractivity contribution in [1.29, 1.82) is 0 Å². The first-order chi connectivity index (χ1) is 13.1. The number of hydrogen-bond acceptors (Lipinski definition) is 5. The molecule has 0 fully saturated rings. The monoisotopic (exact) mass is 367 g/mol. The molecule has 0 saturated carbocycles. The van der Waals surface area contributed by atoms with Gasteiger partial charge < -0.3 is 20.1 Å². The van der Waals surface area contributed by atoms with Crippen LogP contribution in [0.5, 0.6) is 11.5 Å². The number of carbonyl (C=O) groups excluding carboxylic acids is 1. The van der Waals surface area contributed by atoms with Crippen molar-refractivity contribution in [2.24, 2.45) is 7.05 Å². The fourth-order valence-electron chi connectivity index (χ4n) is 2.56. The van der Waals surface area contributed by atoms with Crippen LogP contribution in [0.4, 0.5) is 10.5 Å². The summed E-state index contributed by atoms with van der Waals surface area (Å²) >= 11 is 0. The van der Waals surface area contributed by atoms with Gasteiger partial charge in [0.25, 0.3) is 0 Å². The molecule has 3 aromatic rings. The lowest BCUT2D eigenvalue weighted by atomic mass is 10.1. The molecular weight excluding hydrogens is 346 g/mol. The molecule has 0 atom stereocenters. The molecule has 0 aliphatic carbocycles. The lowest BCUT2D eigenvalue weighted by Gasteiger charge is -2.12. The number of nitrogens with zero attached hydrogens (tertiary/aromatic N) is 3. The van der Waals surface area contributed by atoms with E-state index in [4.69, 9.17) is 9.47 Å². The Balaban J connectivity index is 1.63. The summed E-state index contributed by atoms with van der Waals surface area (Å²) in [6.45, 7) is 0.339. The minimum atomic E-state index is -0.342. The minimum absolute atomic E-state index is 0.339. The quantitative estimate of drug-likeness (QED) is 0.699. The summed E-state index contributed by atoms with van der Waals surface area (Å²) < 4.78 is 12.2. The number of aromatic nitrogens is 3. The normalized spacial score (nSPS) is 10.3. The van der Waals surface area contributed by atoms with Gasteiger partial charge in [-0.1, -0.05) is 0 Å². The first-order valence-electron chi connectivity index (χ1n) is 8.29. The third-order valence-corrected chi connectivity index (χ3v) is 3.94. The Hall–Kier alpha value is -3.55. The van der Waals surface area contributed by atoms with Crippen molar-refractivity contribution in [2.45, 2.75) is 6.54 Å². The molecule has 1 aromatic carbocycles. The molecule has 27 heavy (non-hydrogen) atoms. The molecule has 8 heteroatoms. The largest absolute Gasteiger partial charge is 0.497 e. The van der Waals surface area contributed by atoms with Gasteiger partial charge in [0.1, 0.15) is 11.5 Å². The van der Waals surface area contributed by atoms with E-state index in [1.165, 1.54) is 7.11 Å². The molecular formula is C19H21N5O3. The Morgan fingerprint density at radius 1 is 1.11 bits per heavy atom. The summed E-state index contributed by atoms with van der Waals surface area (Å²) in [5.41, 5.74) is 3.35. The SMILES string of the molecule is COc1ccc(NC(=O)NCc2cncc(-c3cnn(C)c3)c2)c(OC)c1. The lowest BCUT2D eigenvalue weighted by Crippen LogP contribution is -2.28. The highest BCUT2D eigenvalue weighted by atomic mass is 16.5. The lowest BCUT2D eigenvalue weighted by molar-refractivity contribution is 0.251. The molecule has 2 aromatic heterocycles. The van der Waals surface area contributed by atoms with Crippen molar-refractivity contribution in [3.05, 3.63) is 54.6 Å². The number of amides is 2. The topological polar surface area (TPSA) is 90.3 Å². The Bertz CT molecular complexity index is 939. The number of benzene rings is 1. The highest BCUT2D eigenvalue weighted by Gasteiger charge is 2.09. The molecule has 8 nitrogen and oxygen atoms in total. The van der Waals surface area contributed by atoms with Crippen molar-refractivity contribution < 1.29 is 14.3 Å². The van der Waals surface area contributed by atoms with E-state index in [2.05, 4.69) is 20.7 Å². The number of methoxy groups -OCH3 is 2. The summed E-state index contributed by atoms with van der Waals surface area (Å²) in [5.74, 6) is 1.17. The van der Waals surface area contributed by atoms with Crippen LogP contribution >= 0.6 is 0 Å². The van der Waals surface area contributed by atoms with Crippen LogP contribution in [0.3, 0.4) is 0 Å². The summed E-state index contributed by atoms with van der Waals surface area (Å²) in [7, 11) is 4.97. The zero-order valence-electron chi connectivity index (χ0n) is 15.4. The van der Waals surface area contributed by atoms with Crippen molar-refractivity contribution in [2.75, 3.05) is 19.5 Å². The van der Waals surface area contributed by atoms with Gasteiger partial charge in [-0.25, -0.2) is 4.79 Å². The third-order valence-electron chi connectivity index (χ3n) is 3.94. The Labute approximate surface area is 157 Å². The number of carbonyl (C=O) groups is 1. The van der Waals surface area contributed by atoms with Gasteiger partial charge in [0.05, 0.1) is 26.1 Å². The van der Waals surface area contributed by atoms with Gasteiger partial charge in [-0.3, -0.25) is 9.67 Å². The maximum absolute atomic E-state index is 12.2. The van der Waals surface area contributed by atoms with E-state index in [-0.39, 0.29) is 6.03 Å². The molecule has 2 N–H and O–H groups in total. The van der Waals surface area contributed by atoms with Gasteiger partial charge in [-0.05, 0) is 23.8 Å². The molecule has 0 aliphatic rings. The predicted octanol–water partition coefficient (Wildman–Crippen LogP) is 2.82. The zero-order chi connectivity index (χ0) is 19.2. The Kier molecular flexibility index (Phi) is 5.55. The second-order valence-corrected chi connectivity index (χ2v) is 5.86. The molecule has 2 amide bonds. The molecule has 0 unspecified atom stereocenters. The number of rotatable bonds is 6. The standard InChI is InChI=1S/C19H21N5O3/c1-24-12-15(11-22-24)14-6-13(8-20-10-14)9-21-19(25)23-17-5-4-16(26-2)7-18(17)27-3/h4-8,10-12H,9H2,1-3H3,(H2,21,23,25). The average Bonchev–Trinajstić information content (AvgIpc) is 3.13. The Morgan fingerprint density at radius 3 is 2.67 bits per heavy atom. The number of hydrogen-bond donors (Lipinski definition) is 2. The second kappa shape index (κ2) is 8.22. The maximum atomic E-state index is 12.2. The van der Waals surface area contributed by atoms with Crippen LogP contribution in [-0.2, 0) is 13.6 Å². The highest BCUT2D eigenvalue weighted by molar-refractivity contribution is 5.91. The number of aryl methyl sites for hydroxylation is 1. The molecule has 0 aliphatic heterocycles. The molecule has 0 spiro atoms. The van der Waals surface area contributed by atoms with Gasteiger partial charge in [0.15, 0.2) is 0 Å². The third kappa shape index (κ3) is 4.55. The van der Waals surface area contributed by atoms with E-state index in [1.54, 1.807) is 48.6 Å². The van der Waals surface area contributed by atoms with Crippen LogP contribution in [0.25, 0.3) is 11.1 Å². The van der Waals surface area contributed by atoms with Crippen molar-refractivity contribution in [1.82, 2.24) is 20.1 Å². The fourth-order valence-corrected chi connectivity index (χ4v) is 2.56. The molecule has 3 rings (SSSR count). The molecule has 0 bridgehead atoms. The van der Waals surface area contributed by atoms with Crippen molar-refractivity contribution >= 4 is 11.7 Å². The van der Waals surface area contributed by atoms with Gasteiger partial charge in [0.2, 0.25) is 0 Å². The van der Waals surface area contributed by atoms with Gasteiger partial charge >= 0.3 is 6.03 Å². The molecule has 0 saturated heterocycles. The van der Waals surface area contributed by atoms with E-state index in [0.29, 0.717) is 23.7 Å². The minimum Gasteiger partial charge on any atom is -0.497 e. The maximum Gasteiger partial charge on any atom is 0.319 e. The van der Waals surface area contributed by atoms with Crippen LogP contribution in [0.1, 0.15) is 5.56 Å². The van der Waals surface area contributed by atoms with E-state index >= 15 is 0 Å². The predicted molar refractivity (Wildman–Crippen MR) is 102 cm³/mol. The average molecular weight is 367 g/mol. The number of urea groups is 1. The second-order valence-electron chi connectivity index (χ2n) is 5.86. The van der Waals surface area contributed by atoms with E-state index in [9.17, 15) is 4.79 Å². The van der Waals surface area contributed by atoms with Crippen LogP contribution in [0.15, 0.2) is 49.1 Å². The van der Waals surface area contributed by atoms with Crippen molar-refractivity contribution in [3.63, 3.8) is 0 Å². The summed E-state index contributed by atoms with van der Waals surface area (Å²) in [6.07, 6.45) is 7.17. The van der Waals surface area contributed by atoms with E-state index < -0.39 is 0 Å². The molecule has 0 radical (unpaired) electrons. The number of pyridine rings is 1. The number of ether oxygens (including phenoxy) is 2. The fraction of sp³-hybridized carbons (Fsp3) is 0.211. The first-order valence-corrected chi connectivity index (χ1v) is 8.29. The smallest absolute Gasteiger partial charge is 0.319 e. The first kappa shape index (κ1) is 18.2. The summed E-state index contributed by atoms with van der Waals surface area (Å²) in [4.78, 5) is 16.5. The number of anilines is 1. The molecule has 2 heterocycles. The summed E-state index contributed by atoms with van der Waals surface area (Å²) in [5, 5.41) is 9.74. The van der Waals surface area contributed by atoms with Crippen molar-refractivity contribution in [3.8, 4) is 22.6 Å². The van der Waals surface area contributed by atoms with E-state index in [0.717, 1.165) is 16.7 Å². The highest BCUT2D eigenvalue weighted by Crippen LogP contribution is 2.28. The van der Waals surface area contributed by atoms with Gasteiger partial charge in [-0.2, -0.15) is 5.10 Å².